The zero-order chi connectivity index (χ0) is 39.0. The first kappa shape index (κ1) is 42.5. The second-order valence-electron chi connectivity index (χ2n) is 13.8. The summed E-state index contributed by atoms with van der Waals surface area (Å²) in [6.07, 6.45) is 0.941. The van der Waals surface area contributed by atoms with Crippen LogP contribution in [0.25, 0.3) is 0 Å². The first-order valence-corrected chi connectivity index (χ1v) is 16.6. The highest BCUT2D eigenvalue weighted by Crippen LogP contribution is 2.19. The van der Waals surface area contributed by atoms with Crippen molar-refractivity contribution in [3.63, 3.8) is 0 Å². The Morgan fingerprint density at radius 1 is 0.808 bits per heavy atom. The molecule has 0 aliphatic carbocycles. The minimum Gasteiger partial charge on any atom is -0.508 e. The molecule has 2 aromatic carbocycles. The number of hydrogen-bond donors (Lipinski definition) is 9. The molecular weight excluding hydrogens is 678 g/mol. The molecule has 284 valence electrons. The molecule has 2 aromatic rings. The van der Waals surface area contributed by atoms with Crippen molar-refractivity contribution in [2.75, 3.05) is 23.7 Å². The van der Waals surface area contributed by atoms with Crippen LogP contribution >= 0.6 is 0 Å². The number of nitro groups is 1. The summed E-state index contributed by atoms with van der Waals surface area (Å²) in [6.45, 7) is 9.01. The number of aromatic hydroxyl groups is 1. The third-order valence-electron chi connectivity index (χ3n) is 7.23. The molecular formula is C35H49N7O10. The molecule has 0 aliphatic heterocycles. The van der Waals surface area contributed by atoms with Gasteiger partial charge in [-0.2, -0.15) is 0 Å². The van der Waals surface area contributed by atoms with Gasteiger partial charge in [-0.05, 0) is 72.7 Å². The summed E-state index contributed by atoms with van der Waals surface area (Å²) in [5.74, 6) is -4.16. The topological polar surface area (TPSA) is 261 Å². The van der Waals surface area contributed by atoms with Gasteiger partial charge in [-0.3, -0.25) is 24.5 Å². The molecule has 0 aromatic heterocycles. The third-order valence-corrected chi connectivity index (χ3v) is 7.23. The van der Waals surface area contributed by atoms with E-state index in [-0.39, 0.29) is 61.7 Å². The van der Waals surface area contributed by atoms with Crippen LogP contribution in [0.3, 0.4) is 0 Å². The number of carboxylic acids is 2. The van der Waals surface area contributed by atoms with Crippen LogP contribution in [0.15, 0.2) is 60.6 Å². The Balaban J connectivity index is 1.97. The quantitative estimate of drug-likeness (QED) is 0.0388. The van der Waals surface area contributed by atoms with Gasteiger partial charge in [0.05, 0.1) is 11.3 Å². The second-order valence-corrected chi connectivity index (χ2v) is 13.8. The van der Waals surface area contributed by atoms with Gasteiger partial charge >= 0.3 is 11.9 Å². The average molecular weight is 728 g/mol. The molecule has 0 saturated heterocycles. The number of hydrogen-bond acceptors (Lipinski definition) is 11. The predicted octanol–water partition coefficient (Wildman–Crippen LogP) is 2.62. The minimum absolute atomic E-state index is 0.0258. The molecule has 0 spiro atoms. The molecule has 9 N–H and O–H groups in total. The molecule has 3 unspecified atom stereocenters. The van der Waals surface area contributed by atoms with Crippen LogP contribution in [0.4, 0.5) is 11.4 Å². The van der Waals surface area contributed by atoms with E-state index in [1.807, 2.05) is 34.6 Å². The summed E-state index contributed by atoms with van der Waals surface area (Å²) in [7, 11) is 0. The van der Waals surface area contributed by atoms with Crippen LogP contribution in [-0.4, -0.2) is 81.1 Å². The number of benzene rings is 2. The van der Waals surface area contributed by atoms with Crippen LogP contribution < -0.4 is 31.9 Å². The third kappa shape index (κ3) is 16.8. The van der Waals surface area contributed by atoms with E-state index in [2.05, 4.69) is 31.9 Å². The summed E-state index contributed by atoms with van der Waals surface area (Å²) < 4.78 is 0. The fourth-order valence-electron chi connectivity index (χ4n) is 4.85. The normalized spacial score (nSPS) is 13.3. The fourth-order valence-corrected chi connectivity index (χ4v) is 4.85. The Hall–Kier alpha value is -5.71. The van der Waals surface area contributed by atoms with Crippen molar-refractivity contribution >= 4 is 41.0 Å². The lowest BCUT2D eigenvalue weighted by atomic mass is 9.92. The number of carbonyl (C=O) groups is 5. The molecule has 52 heavy (non-hydrogen) atoms. The number of rotatable bonds is 21. The molecule has 0 aliphatic rings. The number of phenols is 1. The molecule has 3 amide bonds. The van der Waals surface area contributed by atoms with E-state index in [4.69, 9.17) is 0 Å². The number of anilines is 2. The lowest BCUT2D eigenvalue weighted by Crippen LogP contribution is -2.55. The van der Waals surface area contributed by atoms with Crippen LogP contribution in [0, 0.1) is 21.4 Å². The zero-order valence-electron chi connectivity index (χ0n) is 29.9. The smallest absolute Gasteiger partial charge is 0.327 e. The standard InChI is InChI=1S/C35H49N7O10/c1-21(2)16-27(32(46)41-28(34(49)50)19-36-15-14-26(33(47)48)39-31(45)18-35(3,4)5)40-30(44)17-22-6-8-23(9-7-22)37-29(20-42(51)52)38-24-10-12-25(43)13-11-24/h6-13,20-21,26-28,36-38,43H,14-19H2,1-5H3,(H,39,45)(H,40,44)(H,41,46)(H,47,48)(H,49,50)/b29-20+. The number of nitrogens with zero attached hydrogens (tertiary/aromatic N) is 1. The SMILES string of the molecule is CC(C)CC(NC(=O)Cc1ccc(N/C(=C\[N+](=O)[O-])Nc2ccc(O)cc2)cc1)C(=O)NC(CNCCC(NC(=O)CC(C)(C)C)C(=O)O)C(=O)O. The monoisotopic (exact) mass is 727 g/mol. The van der Waals surface area contributed by atoms with Crippen molar-refractivity contribution < 1.29 is 44.2 Å². The Bertz CT molecular complexity index is 1570. The zero-order valence-corrected chi connectivity index (χ0v) is 29.9. The molecule has 0 bridgehead atoms. The largest absolute Gasteiger partial charge is 0.508 e. The maximum absolute atomic E-state index is 13.2. The summed E-state index contributed by atoms with van der Waals surface area (Å²) in [5, 5.41) is 56.0. The van der Waals surface area contributed by atoms with Crippen molar-refractivity contribution in [2.24, 2.45) is 11.3 Å². The van der Waals surface area contributed by atoms with E-state index in [9.17, 15) is 49.4 Å². The number of aliphatic carboxylic acids is 2. The summed E-state index contributed by atoms with van der Waals surface area (Å²) >= 11 is 0. The van der Waals surface area contributed by atoms with Gasteiger partial charge in [0.2, 0.25) is 17.7 Å². The maximum Gasteiger partial charge on any atom is 0.327 e. The number of amides is 3. The van der Waals surface area contributed by atoms with E-state index >= 15 is 0 Å². The molecule has 0 fully saturated rings. The number of phenolic OH excluding ortho intramolecular Hbond substituents is 1. The highest BCUT2D eigenvalue weighted by Gasteiger charge is 2.28. The lowest BCUT2D eigenvalue weighted by molar-refractivity contribution is -0.403. The highest BCUT2D eigenvalue weighted by molar-refractivity contribution is 5.91. The van der Waals surface area contributed by atoms with Crippen molar-refractivity contribution in [3.05, 3.63) is 76.2 Å². The average Bonchev–Trinajstić information content (AvgIpc) is 3.01. The lowest BCUT2D eigenvalue weighted by Gasteiger charge is -2.23. The van der Waals surface area contributed by atoms with Crippen molar-refractivity contribution in [3.8, 4) is 5.75 Å². The molecule has 17 heteroatoms. The van der Waals surface area contributed by atoms with E-state index in [1.54, 1.807) is 24.3 Å². The number of nitrogens with one attached hydrogen (secondary N) is 6. The van der Waals surface area contributed by atoms with Crippen LogP contribution in [0.1, 0.15) is 59.4 Å². The van der Waals surface area contributed by atoms with Gasteiger partial charge in [0.1, 0.15) is 23.9 Å². The fraction of sp³-hybridized carbons (Fsp3) is 0.457. The number of carboxylic acid groups (broad SMARTS) is 2. The van der Waals surface area contributed by atoms with Crippen molar-refractivity contribution in [1.29, 1.82) is 0 Å². The Morgan fingerprint density at radius 3 is 1.85 bits per heavy atom. The van der Waals surface area contributed by atoms with Gasteiger partial charge in [0, 0.05) is 24.3 Å². The molecule has 0 heterocycles. The maximum atomic E-state index is 13.2. The molecule has 0 saturated carbocycles. The van der Waals surface area contributed by atoms with Crippen LogP contribution in [0.5, 0.6) is 5.75 Å². The van der Waals surface area contributed by atoms with Crippen LogP contribution in [-0.2, 0) is 30.4 Å². The van der Waals surface area contributed by atoms with E-state index < -0.39 is 52.7 Å². The van der Waals surface area contributed by atoms with Gasteiger partial charge in [0.15, 0.2) is 5.82 Å². The second kappa shape index (κ2) is 20.2. The first-order chi connectivity index (χ1) is 24.3. The van der Waals surface area contributed by atoms with E-state index in [0.29, 0.717) is 16.9 Å². The van der Waals surface area contributed by atoms with Crippen molar-refractivity contribution in [2.45, 2.75) is 78.4 Å². The van der Waals surface area contributed by atoms with Gasteiger partial charge in [-0.25, -0.2) is 9.59 Å². The molecule has 3 atom stereocenters. The minimum atomic E-state index is -1.39. The van der Waals surface area contributed by atoms with Gasteiger partial charge in [-0.15, -0.1) is 0 Å². The van der Waals surface area contributed by atoms with Crippen molar-refractivity contribution in [1.82, 2.24) is 21.3 Å². The van der Waals surface area contributed by atoms with Gasteiger partial charge in [-0.1, -0.05) is 46.8 Å². The predicted molar refractivity (Wildman–Crippen MR) is 193 cm³/mol. The van der Waals surface area contributed by atoms with Crippen LogP contribution in [0.2, 0.25) is 0 Å². The Labute approximate surface area is 301 Å². The molecule has 2 rings (SSSR count). The Morgan fingerprint density at radius 2 is 1.35 bits per heavy atom. The van der Waals surface area contributed by atoms with Gasteiger partial charge in [0.25, 0.3) is 6.20 Å². The van der Waals surface area contributed by atoms with E-state index in [1.165, 1.54) is 24.3 Å². The molecule has 17 nitrogen and oxygen atoms in total. The summed E-state index contributed by atoms with van der Waals surface area (Å²) in [4.78, 5) is 72.5. The molecule has 0 radical (unpaired) electrons. The highest BCUT2D eigenvalue weighted by atomic mass is 16.6. The summed E-state index contributed by atoms with van der Waals surface area (Å²) in [5.41, 5.74) is 1.19. The first-order valence-electron chi connectivity index (χ1n) is 16.6. The Kier molecular flexibility index (Phi) is 16.5. The van der Waals surface area contributed by atoms with Gasteiger partial charge < -0.3 is 47.2 Å². The number of carbonyl (C=O) groups excluding carboxylic acids is 3. The summed E-state index contributed by atoms with van der Waals surface area (Å²) in [6, 6.07) is 8.76. The van der Waals surface area contributed by atoms with E-state index in [0.717, 1.165) is 6.20 Å².